The van der Waals surface area contributed by atoms with Gasteiger partial charge in [0, 0.05) is 30.5 Å². The molecule has 1 aliphatic heterocycles. The Labute approximate surface area is 125 Å². The molecule has 0 bridgehead atoms. The fourth-order valence-electron chi connectivity index (χ4n) is 1.74. The van der Waals surface area contributed by atoms with Crippen LogP contribution in [0.2, 0.25) is 0 Å². The third-order valence-corrected chi connectivity index (χ3v) is 3.80. The fourth-order valence-corrected chi connectivity index (χ4v) is 2.69. The van der Waals surface area contributed by atoms with Crippen LogP contribution in [0.5, 0.6) is 0 Å². The van der Waals surface area contributed by atoms with E-state index in [0.29, 0.717) is 13.0 Å². The van der Waals surface area contributed by atoms with E-state index in [2.05, 4.69) is 10.6 Å². The molecule has 0 spiro atoms. The van der Waals surface area contributed by atoms with Crippen molar-refractivity contribution in [3.05, 3.63) is 0 Å². The Morgan fingerprint density at radius 2 is 2.16 bits per heavy atom. The lowest BCUT2D eigenvalue weighted by Gasteiger charge is -2.27. The standard InChI is InChI=1S/C12H22N2O3S.ClH/c1-4-17-11(16)12(2,3)14-10(15)7-9-8-18-6-5-13-9;/h9,13H,4-8H2,1-3H3,(H,14,15);1H. The van der Waals surface area contributed by atoms with Crippen molar-refractivity contribution >= 4 is 36.0 Å². The van der Waals surface area contributed by atoms with Gasteiger partial charge in [0.25, 0.3) is 0 Å². The molecule has 7 heteroatoms. The minimum absolute atomic E-state index is 0. The van der Waals surface area contributed by atoms with E-state index in [-0.39, 0.29) is 24.4 Å². The van der Waals surface area contributed by atoms with E-state index in [1.165, 1.54) is 0 Å². The number of hydrogen-bond donors (Lipinski definition) is 2. The average molecular weight is 311 g/mol. The molecule has 0 aliphatic carbocycles. The number of esters is 1. The van der Waals surface area contributed by atoms with Crippen LogP contribution in [0.3, 0.4) is 0 Å². The maximum atomic E-state index is 11.9. The maximum absolute atomic E-state index is 11.9. The summed E-state index contributed by atoms with van der Waals surface area (Å²) in [7, 11) is 0. The molecule has 1 fully saturated rings. The van der Waals surface area contributed by atoms with Gasteiger partial charge in [0.05, 0.1) is 6.61 Å². The lowest BCUT2D eigenvalue weighted by molar-refractivity contribution is -0.151. The predicted molar refractivity (Wildman–Crippen MR) is 79.8 cm³/mol. The number of nitrogens with one attached hydrogen (secondary N) is 2. The highest BCUT2D eigenvalue weighted by Gasteiger charge is 2.31. The fraction of sp³-hybridized carbons (Fsp3) is 0.833. The number of ether oxygens (including phenoxy) is 1. The Bertz CT molecular complexity index is 307. The molecule has 2 N–H and O–H groups in total. The zero-order chi connectivity index (χ0) is 13.6. The summed E-state index contributed by atoms with van der Waals surface area (Å²) in [5.74, 6) is 1.51. The second-order valence-electron chi connectivity index (χ2n) is 4.82. The lowest BCUT2D eigenvalue weighted by Crippen LogP contribution is -2.52. The van der Waals surface area contributed by atoms with E-state index in [9.17, 15) is 9.59 Å². The molecule has 1 atom stereocenters. The van der Waals surface area contributed by atoms with Gasteiger partial charge in [-0.3, -0.25) is 4.79 Å². The van der Waals surface area contributed by atoms with Crippen LogP contribution in [0.25, 0.3) is 0 Å². The summed E-state index contributed by atoms with van der Waals surface area (Å²) in [5.41, 5.74) is -0.963. The predicted octanol–water partition coefficient (Wildman–Crippen LogP) is 0.961. The number of thioether (sulfide) groups is 1. The first kappa shape index (κ1) is 18.5. The molecule has 112 valence electrons. The Hall–Kier alpha value is -0.460. The van der Waals surface area contributed by atoms with Crippen molar-refractivity contribution in [3.63, 3.8) is 0 Å². The number of rotatable bonds is 5. The molecule has 1 unspecified atom stereocenters. The van der Waals surface area contributed by atoms with Crippen LogP contribution in [-0.4, -0.2) is 48.1 Å². The van der Waals surface area contributed by atoms with E-state index in [1.807, 2.05) is 11.8 Å². The number of halogens is 1. The smallest absolute Gasteiger partial charge is 0.331 e. The summed E-state index contributed by atoms with van der Waals surface area (Å²) >= 11 is 1.84. The molecule has 0 aromatic rings. The van der Waals surface area contributed by atoms with Crippen LogP contribution in [0, 0.1) is 0 Å². The molecule has 0 aromatic carbocycles. The molecule has 0 saturated carbocycles. The summed E-state index contributed by atoms with van der Waals surface area (Å²) in [6.07, 6.45) is 0.399. The minimum atomic E-state index is -0.963. The quantitative estimate of drug-likeness (QED) is 0.740. The Morgan fingerprint density at radius 3 is 2.68 bits per heavy atom. The van der Waals surface area contributed by atoms with E-state index < -0.39 is 11.5 Å². The topological polar surface area (TPSA) is 67.4 Å². The van der Waals surface area contributed by atoms with E-state index in [4.69, 9.17) is 4.74 Å². The molecule has 1 amide bonds. The molecule has 1 aliphatic rings. The van der Waals surface area contributed by atoms with Gasteiger partial charge in [0.2, 0.25) is 5.91 Å². The molecule has 19 heavy (non-hydrogen) atoms. The Kier molecular flexibility index (Phi) is 8.45. The normalized spacial score (nSPS) is 19.2. The zero-order valence-corrected chi connectivity index (χ0v) is 13.3. The second kappa shape index (κ2) is 8.66. The van der Waals surface area contributed by atoms with Crippen molar-refractivity contribution in [2.45, 2.75) is 38.8 Å². The zero-order valence-electron chi connectivity index (χ0n) is 11.7. The molecule has 0 aromatic heterocycles. The van der Waals surface area contributed by atoms with Gasteiger partial charge >= 0.3 is 5.97 Å². The van der Waals surface area contributed by atoms with Gasteiger partial charge in [-0.1, -0.05) is 0 Å². The van der Waals surface area contributed by atoms with Crippen LogP contribution in [0.1, 0.15) is 27.2 Å². The average Bonchev–Trinajstić information content (AvgIpc) is 2.29. The van der Waals surface area contributed by atoms with Gasteiger partial charge in [-0.15, -0.1) is 12.4 Å². The molecule has 1 rings (SSSR count). The van der Waals surface area contributed by atoms with Gasteiger partial charge in [0.1, 0.15) is 5.54 Å². The van der Waals surface area contributed by atoms with Gasteiger partial charge in [-0.2, -0.15) is 11.8 Å². The van der Waals surface area contributed by atoms with Crippen molar-refractivity contribution in [3.8, 4) is 0 Å². The van der Waals surface area contributed by atoms with Crippen molar-refractivity contribution in [2.24, 2.45) is 0 Å². The first-order chi connectivity index (χ1) is 8.45. The van der Waals surface area contributed by atoms with Crippen LogP contribution < -0.4 is 10.6 Å². The highest BCUT2D eigenvalue weighted by atomic mass is 35.5. The number of carbonyl (C=O) groups excluding carboxylic acids is 2. The summed E-state index contributed by atoms with van der Waals surface area (Å²) in [6.45, 7) is 6.32. The lowest BCUT2D eigenvalue weighted by atomic mass is 10.1. The highest BCUT2D eigenvalue weighted by molar-refractivity contribution is 7.99. The van der Waals surface area contributed by atoms with Crippen LogP contribution in [0.15, 0.2) is 0 Å². The molecule has 5 nitrogen and oxygen atoms in total. The Balaban J connectivity index is 0.00000324. The molecule has 1 saturated heterocycles. The first-order valence-electron chi connectivity index (χ1n) is 6.25. The van der Waals surface area contributed by atoms with Gasteiger partial charge in [-0.05, 0) is 20.8 Å². The van der Waals surface area contributed by atoms with Crippen LogP contribution in [-0.2, 0) is 14.3 Å². The summed E-state index contributed by atoms with van der Waals surface area (Å²) in [6, 6.07) is 0.196. The maximum Gasteiger partial charge on any atom is 0.331 e. The van der Waals surface area contributed by atoms with Crippen LogP contribution in [0.4, 0.5) is 0 Å². The van der Waals surface area contributed by atoms with Crippen molar-refractivity contribution in [1.82, 2.24) is 10.6 Å². The van der Waals surface area contributed by atoms with E-state index >= 15 is 0 Å². The van der Waals surface area contributed by atoms with Gasteiger partial charge in [-0.25, -0.2) is 4.79 Å². The number of amides is 1. The van der Waals surface area contributed by atoms with Crippen molar-refractivity contribution in [2.75, 3.05) is 24.7 Å². The Morgan fingerprint density at radius 1 is 1.47 bits per heavy atom. The highest BCUT2D eigenvalue weighted by Crippen LogP contribution is 2.11. The molecular formula is C12H23ClN2O3S. The molecule has 1 heterocycles. The monoisotopic (exact) mass is 310 g/mol. The van der Waals surface area contributed by atoms with Crippen molar-refractivity contribution < 1.29 is 14.3 Å². The SMILES string of the molecule is CCOC(=O)C(C)(C)NC(=O)CC1CSCCN1.Cl. The van der Waals surface area contributed by atoms with Gasteiger partial charge in [0.15, 0.2) is 0 Å². The molecular weight excluding hydrogens is 288 g/mol. The first-order valence-corrected chi connectivity index (χ1v) is 7.40. The summed E-state index contributed by atoms with van der Waals surface area (Å²) < 4.78 is 4.92. The third-order valence-electron chi connectivity index (χ3n) is 2.67. The van der Waals surface area contributed by atoms with Crippen molar-refractivity contribution in [1.29, 1.82) is 0 Å². The number of hydrogen-bond acceptors (Lipinski definition) is 5. The van der Waals surface area contributed by atoms with Gasteiger partial charge < -0.3 is 15.4 Å². The van der Waals surface area contributed by atoms with E-state index in [0.717, 1.165) is 18.1 Å². The molecule has 0 radical (unpaired) electrons. The summed E-state index contributed by atoms with van der Waals surface area (Å²) in [5, 5.41) is 6.02. The largest absolute Gasteiger partial charge is 0.464 e. The number of carbonyl (C=O) groups is 2. The minimum Gasteiger partial charge on any atom is -0.464 e. The summed E-state index contributed by atoms with van der Waals surface area (Å²) in [4.78, 5) is 23.5. The second-order valence-corrected chi connectivity index (χ2v) is 5.97. The van der Waals surface area contributed by atoms with Crippen LogP contribution >= 0.6 is 24.2 Å². The van der Waals surface area contributed by atoms with E-state index in [1.54, 1.807) is 20.8 Å². The third kappa shape index (κ3) is 6.49.